The number of carboxylic acid groups (broad SMARTS) is 1. The molecule has 10 rings (SSSR count). The Hall–Kier alpha value is -7.04. The van der Waals surface area contributed by atoms with Crippen molar-refractivity contribution < 1.29 is 37.6 Å². The Balaban J connectivity index is 1.15. The summed E-state index contributed by atoms with van der Waals surface area (Å²) in [5.41, 5.74) is 2.12. The summed E-state index contributed by atoms with van der Waals surface area (Å²) in [5, 5.41) is 13.7. The maximum atomic E-state index is 18.3. The number of benzene rings is 4. The van der Waals surface area contributed by atoms with Gasteiger partial charge < -0.3 is 33.9 Å². The maximum Gasteiger partial charge on any atom is 0.410 e. The maximum absolute atomic E-state index is 18.3. The number of fused-ring (bicyclic) bond motifs is 2. The first kappa shape index (κ1) is 44.8. The van der Waals surface area contributed by atoms with E-state index in [1.807, 2.05) is 90.7 Å². The second-order valence-electron chi connectivity index (χ2n) is 17.4. The number of ether oxygens (including phenoxy) is 4. The minimum atomic E-state index is -1.28. The van der Waals surface area contributed by atoms with E-state index in [4.69, 9.17) is 45.5 Å². The SMILES string of the molecule is COc1ccc(CN(Cc2ccc(OC)cc2)c2cc3ccccc3c(-c3c(Cl)c4c5c(nc(OC[C@@]67CCCN6C[C@H](F)C7)nc5c3F)N([C@H](C)c3cccnc3NC(=O)O)CCO4)n2)cc1. The summed E-state index contributed by atoms with van der Waals surface area (Å²) >= 11 is 7.47. The molecule has 2 fully saturated rings. The first-order valence-electron chi connectivity index (χ1n) is 22.5. The van der Waals surface area contributed by atoms with E-state index in [0.717, 1.165) is 47.4 Å². The number of aromatic nitrogens is 4. The van der Waals surface area contributed by atoms with Gasteiger partial charge >= 0.3 is 12.1 Å². The van der Waals surface area contributed by atoms with Gasteiger partial charge in [0.15, 0.2) is 11.6 Å². The smallest absolute Gasteiger partial charge is 0.410 e. The van der Waals surface area contributed by atoms with Crippen molar-refractivity contribution in [3.8, 4) is 34.5 Å². The van der Waals surface area contributed by atoms with E-state index < -0.39 is 29.7 Å². The van der Waals surface area contributed by atoms with Crippen LogP contribution in [0, 0.1) is 5.82 Å². The van der Waals surface area contributed by atoms with Crippen LogP contribution in [-0.2, 0) is 13.1 Å². The number of carbonyl (C=O) groups is 1. The molecule has 3 atom stereocenters. The van der Waals surface area contributed by atoms with Crippen molar-refractivity contribution >= 4 is 56.8 Å². The van der Waals surface area contributed by atoms with Crippen LogP contribution in [0.25, 0.3) is 32.9 Å². The van der Waals surface area contributed by atoms with Gasteiger partial charge in [0.05, 0.1) is 54.0 Å². The van der Waals surface area contributed by atoms with Crippen LogP contribution in [0.1, 0.15) is 48.9 Å². The van der Waals surface area contributed by atoms with Gasteiger partial charge in [-0.3, -0.25) is 10.2 Å². The molecule has 0 spiro atoms. The van der Waals surface area contributed by atoms with Crippen LogP contribution in [0.4, 0.5) is 31.0 Å². The largest absolute Gasteiger partial charge is 0.497 e. The molecule has 6 heterocycles. The Morgan fingerprint density at radius 3 is 2.41 bits per heavy atom. The molecule has 0 unspecified atom stereocenters. The fourth-order valence-electron chi connectivity index (χ4n) is 10.0. The van der Waals surface area contributed by atoms with Gasteiger partial charge in [0, 0.05) is 43.2 Å². The summed E-state index contributed by atoms with van der Waals surface area (Å²) < 4.78 is 57.1. The Morgan fingerprint density at radius 2 is 1.71 bits per heavy atom. The molecule has 0 aliphatic carbocycles. The van der Waals surface area contributed by atoms with Crippen LogP contribution < -0.4 is 34.1 Å². The summed E-state index contributed by atoms with van der Waals surface area (Å²) in [6, 6.07) is 28.0. The van der Waals surface area contributed by atoms with Crippen molar-refractivity contribution in [3.05, 3.63) is 125 Å². The number of alkyl halides is 1. The molecule has 2 N–H and O–H groups in total. The normalized spacial score (nSPS) is 18.2. The molecule has 1 amide bonds. The lowest BCUT2D eigenvalue weighted by Gasteiger charge is -2.32. The molecule has 4 aromatic carbocycles. The molecule has 68 heavy (non-hydrogen) atoms. The average Bonchev–Trinajstić information content (AvgIpc) is 3.80. The predicted octanol–water partition coefficient (Wildman–Crippen LogP) is 10.3. The second kappa shape index (κ2) is 18.6. The summed E-state index contributed by atoms with van der Waals surface area (Å²) in [6.45, 7) is 4.24. The summed E-state index contributed by atoms with van der Waals surface area (Å²) in [7, 11) is 3.25. The van der Waals surface area contributed by atoms with Crippen molar-refractivity contribution in [3.63, 3.8) is 0 Å². The zero-order chi connectivity index (χ0) is 47.1. The van der Waals surface area contributed by atoms with Gasteiger partial charge in [-0.25, -0.2) is 23.5 Å². The molecule has 14 nitrogen and oxygen atoms in total. The van der Waals surface area contributed by atoms with Crippen LogP contribution in [0.3, 0.4) is 0 Å². The average molecular weight is 943 g/mol. The van der Waals surface area contributed by atoms with E-state index in [9.17, 15) is 14.3 Å². The van der Waals surface area contributed by atoms with Crippen LogP contribution >= 0.6 is 11.6 Å². The number of anilines is 3. The molecule has 0 saturated carbocycles. The van der Waals surface area contributed by atoms with Gasteiger partial charge in [0.1, 0.15) is 53.9 Å². The number of rotatable bonds is 14. The number of hydrogen-bond donors (Lipinski definition) is 2. The number of nitrogens with one attached hydrogen (secondary N) is 1. The lowest BCUT2D eigenvalue weighted by Crippen LogP contribution is -2.43. The molecule has 350 valence electrons. The Bertz CT molecular complexity index is 2970. The minimum absolute atomic E-state index is 0.0185. The Labute approximate surface area is 396 Å². The van der Waals surface area contributed by atoms with Gasteiger partial charge in [-0.05, 0) is 79.2 Å². The van der Waals surface area contributed by atoms with Gasteiger partial charge in [0.25, 0.3) is 0 Å². The fraction of sp³-hybridized carbons (Fsp3) is 0.314. The third-order valence-electron chi connectivity index (χ3n) is 13.4. The highest BCUT2D eigenvalue weighted by molar-refractivity contribution is 6.37. The predicted molar refractivity (Wildman–Crippen MR) is 257 cm³/mol. The minimum Gasteiger partial charge on any atom is -0.497 e. The van der Waals surface area contributed by atoms with E-state index in [0.29, 0.717) is 42.8 Å². The lowest BCUT2D eigenvalue weighted by molar-refractivity contribution is 0.107. The highest BCUT2D eigenvalue weighted by Crippen LogP contribution is 2.50. The van der Waals surface area contributed by atoms with Crippen molar-refractivity contribution in [1.29, 1.82) is 0 Å². The molecule has 0 radical (unpaired) electrons. The van der Waals surface area contributed by atoms with E-state index in [2.05, 4.69) is 20.1 Å². The molecule has 3 aromatic heterocycles. The highest BCUT2D eigenvalue weighted by Gasteiger charge is 2.49. The fourth-order valence-corrected chi connectivity index (χ4v) is 10.3. The summed E-state index contributed by atoms with van der Waals surface area (Å²) in [4.78, 5) is 37.3. The first-order chi connectivity index (χ1) is 33.0. The molecule has 17 heteroatoms. The van der Waals surface area contributed by atoms with Crippen LogP contribution in [0.2, 0.25) is 5.02 Å². The highest BCUT2D eigenvalue weighted by atomic mass is 35.5. The third-order valence-corrected chi connectivity index (χ3v) is 13.7. The molecule has 7 aromatic rings. The Kier molecular flexibility index (Phi) is 12.2. The van der Waals surface area contributed by atoms with Crippen LogP contribution in [-0.4, -0.2) is 94.8 Å². The molecule has 0 bridgehead atoms. The number of halogens is 3. The zero-order valence-electron chi connectivity index (χ0n) is 37.7. The molecular weight excluding hydrogens is 894 g/mol. The van der Waals surface area contributed by atoms with Crippen LogP contribution in [0.15, 0.2) is 97.2 Å². The Morgan fingerprint density at radius 1 is 0.985 bits per heavy atom. The first-order valence-corrected chi connectivity index (χ1v) is 22.9. The number of hydrogen-bond acceptors (Lipinski definition) is 12. The molecular formula is C51H49ClF2N8O6. The van der Waals surface area contributed by atoms with Crippen molar-refractivity contribution in [2.24, 2.45) is 0 Å². The molecule has 3 aliphatic heterocycles. The van der Waals surface area contributed by atoms with Crippen molar-refractivity contribution in [2.45, 2.75) is 57.0 Å². The van der Waals surface area contributed by atoms with Gasteiger partial charge in [-0.1, -0.05) is 66.2 Å². The van der Waals surface area contributed by atoms with E-state index in [-0.39, 0.29) is 70.3 Å². The zero-order valence-corrected chi connectivity index (χ0v) is 38.5. The lowest BCUT2D eigenvalue weighted by atomic mass is 9.95. The number of nitrogens with zero attached hydrogens (tertiary/aromatic N) is 7. The second-order valence-corrected chi connectivity index (χ2v) is 17.8. The monoisotopic (exact) mass is 942 g/mol. The number of methoxy groups -OCH3 is 2. The van der Waals surface area contributed by atoms with Crippen molar-refractivity contribution in [1.82, 2.24) is 24.8 Å². The van der Waals surface area contributed by atoms with Crippen molar-refractivity contribution in [2.75, 3.05) is 62.2 Å². The standard InChI is InChI=1S/C51H49ClF2N8O6/c1-30(37-10-6-20-55-47(37)58-50(63)64)62-22-23-67-46-41-45(57-49(59-48(41)62)68-29-51-19-7-21-61(51)28-34(53)25-51)43(54)40(42(46)52)44-38-9-5-4-8-33(38)24-39(56-44)60(26-31-11-15-35(65-2)16-12-31)27-32-13-17-36(66-3)18-14-32/h4-6,8-18,20,24,30,34H,7,19,21-23,25-29H2,1-3H3,(H,55,58)(H,63,64)/t30-,34-,51+/m1/s1. The summed E-state index contributed by atoms with van der Waals surface area (Å²) in [6.07, 6.45) is 1.18. The van der Waals surface area contributed by atoms with Gasteiger partial charge in [-0.15, -0.1) is 0 Å². The number of amides is 1. The summed E-state index contributed by atoms with van der Waals surface area (Å²) in [5.74, 6) is 1.80. The van der Waals surface area contributed by atoms with Crippen LogP contribution in [0.5, 0.6) is 23.3 Å². The third kappa shape index (κ3) is 8.47. The van der Waals surface area contributed by atoms with E-state index in [1.54, 1.807) is 26.4 Å². The molecule has 2 saturated heterocycles. The van der Waals surface area contributed by atoms with E-state index >= 15 is 4.39 Å². The number of pyridine rings is 2. The van der Waals surface area contributed by atoms with Gasteiger partial charge in [-0.2, -0.15) is 9.97 Å². The van der Waals surface area contributed by atoms with E-state index in [1.165, 1.54) is 6.20 Å². The van der Waals surface area contributed by atoms with Gasteiger partial charge in [0.2, 0.25) is 0 Å². The molecule has 3 aliphatic rings. The quantitative estimate of drug-likeness (QED) is 0.107. The topological polar surface area (TPSA) is 148 Å².